The number of amides is 1. The summed E-state index contributed by atoms with van der Waals surface area (Å²) in [5.41, 5.74) is 0. The SMILES string of the molecule is C=C[C@@H]1CCN(C(=O)CO)CC1(F)F. The molecule has 0 spiro atoms. The highest BCUT2D eigenvalue weighted by Crippen LogP contribution is 2.33. The van der Waals surface area contributed by atoms with Gasteiger partial charge in [-0.1, -0.05) is 6.08 Å². The summed E-state index contributed by atoms with van der Waals surface area (Å²) in [7, 11) is 0. The molecule has 5 heteroatoms. The fourth-order valence-electron chi connectivity index (χ4n) is 1.56. The molecule has 80 valence electrons. The van der Waals surface area contributed by atoms with E-state index in [1.165, 1.54) is 6.08 Å². The van der Waals surface area contributed by atoms with Crippen molar-refractivity contribution in [3.05, 3.63) is 12.7 Å². The first-order valence-corrected chi connectivity index (χ1v) is 4.40. The highest BCUT2D eigenvalue weighted by molar-refractivity contribution is 5.77. The van der Waals surface area contributed by atoms with E-state index in [1.807, 2.05) is 0 Å². The van der Waals surface area contributed by atoms with Crippen LogP contribution in [0, 0.1) is 5.92 Å². The average Bonchev–Trinajstić information content (AvgIpc) is 2.15. The van der Waals surface area contributed by atoms with Crippen LogP contribution < -0.4 is 0 Å². The van der Waals surface area contributed by atoms with Gasteiger partial charge in [0.2, 0.25) is 5.91 Å². The number of alkyl halides is 2. The Bertz CT molecular complexity index is 243. The van der Waals surface area contributed by atoms with Crippen molar-refractivity contribution in [3.8, 4) is 0 Å². The zero-order valence-electron chi connectivity index (χ0n) is 7.75. The summed E-state index contributed by atoms with van der Waals surface area (Å²) in [5, 5.41) is 8.52. The maximum atomic E-state index is 13.3. The van der Waals surface area contributed by atoms with Crippen LogP contribution >= 0.6 is 0 Å². The first-order valence-electron chi connectivity index (χ1n) is 4.40. The van der Waals surface area contributed by atoms with Gasteiger partial charge in [0.05, 0.1) is 6.54 Å². The molecule has 1 N–H and O–H groups in total. The molecule has 0 aromatic rings. The van der Waals surface area contributed by atoms with Gasteiger partial charge >= 0.3 is 0 Å². The van der Waals surface area contributed by atoms with Crippen LogP contribution in [0.25, 0.3) is 0 Å². The van der Waals surface area contributed by atoms with Crippen molar-refractivity contribution in [1.29, 1.82) is 0 Å². The number of likely N-dealkylation sites (tertiary alicyclic amines) is 1. The fraction of sp³-hybridized carbons (Fsp3) is 0.667. The molecule has 0 aliphatic carbocycles. The second-order valence-corrected chi connectivity index (χ2v) is 3.37. The first-order chi connectivity index (χ1) is 6.51. The van der Waals surface area contributed by atoms with Crippen LogP contribution in [-0.2, 0) is 4.79 Å². The van der Waals surface area contributed by atoms with Gasteiger partial charge in [-0.2, -0.15) is 0 Å². The van der Waals surface area contributed by atoms with E-state index < -0.39 is 30.9 Å². The Morgan fingerprint density at radius 1 is 1.71 bits per heavy atom. The predicted molar refractivity (Wildman–Crippen MR) is 46.9 cm³/mol. The van der Waals surface area contributed by atoms with Gasteiger partial charge in [0.25, 0.3) is 5.92 Å². The Kier molecular flexibility index (Phi) is 3.21. The van der Waals surface area contributed by atoms with Crippen molar-refractivity contribution in [1.82, 2.24) is 4.90 Å². The number of aliphatic hydroxyl groups excluding tert-OH is 1. The molecule has 1 amide bonds. The van der Waals surface area contributed by atoms with Crippen LogP contribution in [-0.4, -0.2) is 41.5 Å². The number of rotatable bonds is 2. The van der Waals surface area contributed by atoms with Crippen molar-refractivity contribution >= 4 is 5.91 Å². The molecule has 1 fully saturated rings. The minimum absolute atomic E-state index is 0.197. The summed E-state index contributed by atoms with van der Waals surface area (Å²) in [6, 6.07) is 0. The fourth-order valence-corrected chi connectivity index (χ4v) is 1.56. The topological polar surface area (TPSA) is 40.5 Å². The van der Waals surface area contributed by atoms with Crippen LogP contribution in [0.5, 0.6) is 0 Å². The van der Waals surface area contributed by atoms with Crippen LogP contribution in [0.3, 0.4) is 0 Å². The highest BCUT2D eigenvalue weighted by atomic mass is 19.3. The molecular formula is C9H13F2NO2. The van der Waals surface area contributed by atoms with E-state index in [1.54, 1.807) is 0 Å². The lowest BCUT2D eigenvalue weighted by Crippen LogP contribution is -2.50. The Hall–Kier alpha value is -0.970. The van der Waals surface area contributed by atoms with Crippen LogP contribution in [0.15, 0.2) is 12.7 Å². The summed E-state index contributed by atoms with van der Waals surface area (Å²) < 4.78 is 26.5. The Morgan fingerprint density at radius 2 is 2.36 bits per heavy atom. The Balaban J connectivity index is 2.67. The number of hydrogen-bond acceptors (Lipinski definition) is 2. The second-order valence-electron chi connectivity index (χ2n) is 3.37. The molecule has 0 aromatic carbocycles. The molecule has 1 saturated heterocycles. The van der Waals surface area contributed by atoms with Crippen molar-refractivity contribution in [2.24, 2.45) is 5.92 Å². The van der Waals surface area contributed by atoms with Gasteiger partial charge in [-0.3, -0.25) is 4.79 Å². The standard InChI is InChI=1S/C9H13F2NO2/c1-2-7-3-4-12(8(14)5-13)6-9(7,10)11/h2,7,13H,1,3-6H2/t7-/m1/s1. The second kappa shape index (κ2) is 4.04. The average molecular weight is 205 g/mol. The smallest absolute Gasteiger partial charge is 0.271 e. The van der Waals surface area contributed by atoms with Crippen molar-refractivity contribution in [3.63, 3.8) is 0 Å². The van der Waals surface area contributed by atoms with Gasteiger partial charge in [0.1, 0.15) is 6.61 Å². The monoisotopic (exact) mass is 205 g/mol. The zero-order chi connectivity index (χ0) is 10.8. The number of hydrogen-bond donors (Lipinski definition) is 1. The van der Waals surface area contributed by atoms with Crippen LogP contribution in [0.2, 0.25) is 0 Å². The van der Waals surface area contributed by atoms with Gasteiger partial charge < -0.3 is 10.0 Å². The number of carbonyl (C=O) groups excluding carboxylic acids is 1. The van der Waals surface area contributed by atoms with Gasteiger partial charge in [0, 0.05) is 12.5 Å². The van der Waals surface area contributed by atoms with Crippen LogP contribution in [0.1, 0.15) is 6.42 Å². The summed E-state index contributed by atoms with van der Waals surface area (Å²) in [4.78, 5) is 12.0. The minimum atomic E-state index is -2.93. The van der Waals surface area contributed by atoms with Gasteiger partial charge in [-0.05, 0) is 6.42 Å². The van der Waals surface area contributed by atoms with Crippen molar-refractivity contribution in [2.75, 3.05) is 19.7 Å². The molecule has 0 bridgehead atoms. The molecule has 1 rings (SSSR count). The van der Waals surface area contributed by atoms with E-state index in [9.17, 15) is 13.6 Å². The Labute approximate surface area is 81.0 Å². The maximum absolute atomic E-state index is 13.3. The van der Waals surface area contributed by atoms with E-state index in [0.717, 1.165) is 4.90 Å². The molecule has 14 heavy (non-hydrogen) atoms. The van der Waals surface area contributed by atoms with Crippen molar-refractivity contribution < 1.29 is 18.7 Å². The summed E-state index contributed by atoms with van der Waals surface area (Å²) >= 11 is 0. The molecule has 1 aliphatic heterocycles. The molecule has 1 atom stereocenters. The number of allylic oxidation sites excluding steroid dienone is 1. The molecule has 0 aromatic heterocycles. The first kappa shape index (κ1) is 11.1. The third-order valence-corrected chi connectivity index (χ3v) is 2.43. The van der Waals surface area contributed by atoms with Crippen molar-refractivity contribution in [2.45, 2.75) is 12.3 Å². The van der Waals surface area contributed by atoms with E-state index >= 15 is 0 Å². The van der Waals surface area contributed by atoms with E-state index in [0.29, 0.717) is 0 Å². The summed E-state index contributed by atoms with van der Waals surface area (Å²) in [6.07, 6.45) is 1.42. The lowest BCUT2D eigenvalue weighted by molar-refractivity contribution is -0.149. The number of halogens is 2. The number of piperidine rings is 1. The molecule has 0 radical (unpaired) electrons. The molecule has 1 aliphatic rings. The lowest BCUT2D eigenvalue weighted by Gasteiger charge is -2.36. The van der Waals surface area contributed by atoms with Crippen LogP contribution in [0.4, 0.5) is 8.78 Å². The zero-order valence-corrected chi connectivity index (χ0v) is 7.75. The quantitative estimate of drug-likeness (QED) is 0.672. The Morgan fingerprint density at radius 3 is 2.79 bits per heavy atom. The summed E-state index contributed by atoms with van der Waals surface area (Å²) in [6.45, 7) is 2.26. The molecule has 3 nitrogen and oxygen atoms in total. The normalized spacial score (nSPS) is 25.9. The number of aliphatic hydroxyl groups is 1. The molecular weight excluding hydrogens is 192 g/mol. The number of carbonyl (C=O) groups is 1. The van der Waals surface area contributed by atoms with Gasteiger partial charge in [0.15, 0.2) is 0 Å². The molecule has 0 unspecified atom stereocenters. The molecule has 1 heterocycles. The highest BCUT2D eigenvalue weighted by Gasteiger charge is 2.43. The largest absolute Gasteiger partial charge is 0.387 e. The van der Waals surface area contributed by atoms with E-state index in [2.05, 4.69) is 6.58 Å². The maximum Gasteiger partial charge on any atom is 0.271 e. The van der Waals surface area contributed by atoms with Gasteiger partial charge in [-0.25, -0.2) is 8.78 Å². The predicted octanol–water partition coefficient (Wildman–Crippen LogP) is 0.649. The third-order valence-electron chi connectivity index (χ3n) is 2.43. The minimum Gasteiger partial charge on any atom is -0.387 e. The summed E-state index contributed by atoms with van der Waals surface area (Å²) in [5.74, 6) is -4.44. The number of nitrogens with zero attached hydrogens (tertiary/aromatic N) is 1. The van der Waals surface area contributed by atoms with E-state index in [4.69, 9.17) is 5.11 Å². The van der Waals surface area contributed by atoms with E-state index in [-0.39, 0.29) is 13.0 Å². The molecule has 0 saturated carbocycles. The van der Waals surface area contributed by atoms with Gasteiger partial charge in [-0.15, -0.1) is 6.58 Å². The lowest BCUT2D eigenvalue weighted by atomic mass is 9.93. The third kappa shape index (κ3) is 2.09.